The molecule has 3 rings (SSSR count). The molecule has 1 saturated carbocycles. The molecule has 1 aliphatic heterocycles. The van der Waals surface area contributed by atoms with Gasteiger partial charge in [-0.1, -0.05) is 36.8 Å². The van der Waals surface area contributed by atoms with Crippen LogP contribution in [-0.2, 0) is 19.7 Å². The van der Waals surface area contributed by atoms with Crippen LogP contribution in [0.3, 0.4) is 0 Å². The van der Waals surface area contributed by atoms with E-state index in [1.54, 1.807) is 0 Å². The summed E-state index contributed by atoms with van der Waals surface area (Å²) in [4.78, 5) is 26.3. The molecule has 5 heteroatoms. The molecule has 0 radical (unpaired) electrons. The lowest BCUT2D eigenvalue weighted by atomic mass is 9.64. The number of amides is 1. The van der Waals surface area contributed by atoms with Gasteiger partial charge in [-0.2, -0.15) is 0 Å². The molecule has 0 aromatic heterocycles. The first-order valence-corrected chi connectivity index (χ1v) is 9.84. The third-order valence-electron chi connectivity index (χ3n) is 5.90. The van der Waals surface area contributed by atoms with Crippen molar-refractivity contribution in [3.63, 3.8) is 0 Å². The van der Waals surface area contributed by atoms with Gasteiger partial charge in [0.05, 0.1) is 19.1 Å². The molecule has 1 N–H and O–H groups in total. The molecule has 0 spiro atoms. The van der Waals surface area contributed by atoms with Gasteiger partial charge in [-0.3, -0.25) is 14.5 Å². The molecule has 1 aromatic rings. The van der Waals surface area contributed by atoms with Gasteiger partial charge in [-0.25, -0.2) is 0 Å². The van der Waals surface area contributed by atoms with Crippen LogP contribution in [0.2, 0.25) is 0 Å². The van der Waals surface area contributed by atoms with E-state index in [1.165, 1.54) is 12.0 Å². The summed E-state index contributed by atoms with van der Waals surface area (Å²) in [5.41, 5.74) is 1.45. The minimum Gasteiger partial charge on any atom is -0.466 e. The average molecular weight is 358 g/mol. The SMILES string of the molecule is CCOC(=O)C1CCN(CC(=O)NCC2(c3ccccc3)CCC2)CC1. The van der Waals surface area contributed by atoms with Crippen molar-refractivity contribution in [1.82, 2.24) is 10.2 Å². The molecule has 1 aromatic carbocycles. The van der Waals surface area contributed by atoms with E-state index < -0.39 is 0 Å². The number of likely N-dealkylation sites (tertiary alicyclic amines) is 1. The minimum atomic E-state index is -0.0913. The summed E-state index contributed by atoms with van der Waals surface area (Å²) in [6.07, 6.45) is 5.07. The molecule has 2 aliphatic rings. The largest absolute Gasteiger partial charge is 0.466 e. The minimum absolute atomic E-state index is 0.00872. The predicted molar refractivity (Wildman–Crippen MR) is 101 cm³/mol. The molecule has 26 heavy (non-hydrogen) atoms. The van der Waals surface area contributed by atoms with E-state index in [0.29, 0.717) is 13.2 Å². The van der Waals surface area contributed by atoms with Crippen LogP contribution in [0, 0.1) is 5.92 Å². The number of rotatable bonds is 7. The van der Waals surface area contributed by atoms with E-state index >= 15 is 0 Å². The highest BCUT2D eigenvalue weighted by molar-refractivity contribution is 5.78. The van der Waals surface area contributed by atoms with Gasteiger partial charge in [0.15, 0.2) is 0 Å². The second kappa shape index (κ2) is 8.67. The summed E-state index contributed by atoms with van der Waals surface area (Å²) in [5, 5.41) is 3.15. The van der Waals surface area contributed by atoms with Gasteiger partial charge in [-0.15, -0.1) is 0 Å². The number of carbonyl (C=O) groups excluding carboxylic acids is 2. The molecular weight excluding hydrogens is 328 g/mol. The third-order valence-corrected chi connectivity index (χ3v) is 5.90. The van der Waals surface area contributed by atoms with Crippen LogP contribution >= 0.6 is 0 Å². The monoisotopic (exact) mass is 358 g/mol. The lowest BCUT2D eigenvalue weighted by molar-refractivity contribution is -0.149. The standard InChI is InChI=1S/C21H30N2O3/c1-2-26-20(25)17-9-13-23(14-10-17)15-19(24)22-16-21(11-6-12-21)18-7-4-3-5-8-18/h3-5,7-8,17H,2,6,9-16H2,1H3,(H,22,24). The van der Waals surface area contributed by atoms with Crippen LogP contribution in [0.5, 0.6) is 0 Å². The summed E-state index contributed by atoms with van der Waals surface area (Å²) in [6, 6.07) is 10.5. The maximum Gasteiger partial charge on any atom is 0.309 e. The molecule has 1 saturated heterocycles. The van der Waals surface area contributed by atoms with Gasteiger partial charge in [0, 0.05) is 12.0 Å². The number of nitrogens with zero attached hydrogens (tertiary/aromatic N) is 1. The maximum atomic E-state index is 12.4. The predicted octanol–water partition coefficient (Wildman–Crippen LogP) is 2.50. The molecule has 142 valence electrons. The normalized spacial score (nSPS) is 20.2. The average Bonchev–Trinajstić information content (AvgIpc) is 2.62. The van der Waals surface area contributed by atoms with Crippen LogP contribution in [0.4, 0.5) is 0 Å². The van der Waals surface area contributed by atoms with Crippen LogP contribution in [-0.4, -0.2) is 49.6 Å². The Morgan fingerprint density at radius 1 is 1.19 bits per heavy atom. The molecule has 5 nitrogen and oxygen atoms in total. The van der Waals surface area contributed by atoms with Gasteiger partial charge in [0.25, 0.3) is 0 Å². The molecule has 0 unspecified atom stereocenters. The fraction of sp³-hybridized carbons (Fsp3) is 0.619. The van der Waals surface area contributed by atoms with E-state index in [9.17, 15) is 9.59 Å². The number of hydrogen-bond acceptors (Lipinski definition) is 4. The second-order valence-electron chi connectivity index (χ2n) is 7.58. The Morgan fingerprint density at radius 3 is 2.46 bits per heavy atom. The topological polar surface area (TPSA) is 58.6 Å². The summed E-state index contributed by atoms with van der Waals surface area (Å²) < 4.78 is 5.10. The Morgan fingerprint density at radius 2 is 1.88 bits per heavy atom. The van der Waals surface area contributed by atoms with Crippen molar-refractivity contribution < 1.29 is 14.3 Å². The third kappa shape index (κ3) is 4.44. The van der Waals surface area contributed by atoms with E-state index in [4.69, 9.17) is 4.74 Å². The van der Waals surface area contributed by atoms with Crippen LogP contribution in [0.1, 0.15) is 44.6 Å². The highest BCUT2D eigenvalue weighted by Crippen LogP contribution is 2.43. The smallest absolute Gasteiger partial charge is 0.309 e. The Balaban J connectivity index is 1.43. The molecule has 1 aliphatic carbocycles. The van der Waals surface area contributed by atoms with E-state index in [1.807, 2.05) is 13.0 Å². The van der Waals surface area contributed by atoms with Gasteiger partial charge >= 0.3 is 5.97 Å². The molecule has 2 fully saturated rings. The Bertz CT molecular complexity index is 605. The number of piperidine rings is 1. The lowest BCUT2D eigenvalue weighted by Gasteiger charge is -2.42. The molecule has 0 atom stereocenters. The fourth-order valence-corrected chi connectivity index (χ4v) is 4.08. The molecule has 0 bridgehead atoms. The first kappa shape index (κ1) is 18.9. The van der Waals surface area contributed by atoms with Crippen molar-refractivity contribution >= 4 is 11.9 Å². The van der Waals surface area contributed by atoms with Crippen molar-refractivity contribution in [1.29, 1.82) is 0 Å². The zero-order valence-electron chi connectivity index (χ0n) is 15.7. The van der Waals surface area contributed by atoms with Gasteiger partial charge in [-0.05, 0) is 51.3 Å². The van der Waals surface area contributed by atoms with Crippen molar-refractivity contribution in [2.24, 2.45) is 5.92 Å². The Hall–Kier alpha value is -1.88. The number of ether oxygens (including phenoxy) is 1. The fourth-order valence-electron chi connectivity index (χ4n) is 4.08. The molecular formula is C21H30N2O3. The summed E-state index contributed by atoms with van der Waals surface area (Å²) in [5.74, 6) is -0.0150. The summed E-state index contributed by atoms with van der Waals surface area (Å²) in [7, 11) is 0. The van der Waals surface area contributed by atoms with E-state index in [2.05, 4.69) is 34.5 Å². The number of benzene rings is 1. The Labute approximate surface area is 156 Å². The quantitative estimate of drug-likeness (QED) is 0.761. The first-order valence-electron chi connectivity index (χ1n) is 9.84. The maximum absolute atomic E-state index is 12.4. The van der Waals surface area contributed by atoms with E-state index in [0.717, 1.165) is 45.3 Å². The highest BCUT2D eigenvalue weighted by Gasteiger charge is 2.38. The van der Waals surface area contributed by atoms with Crippen molar-refractivity contribution in [3.05, 3.63) is 35.9 Å². The molecule has 1 amide bonds. The summed E-state index contributed by atoms with van der Waals surface area (Å²) in [6.45, 7) is 4.96. The number of hydrogen-bond donors (Lipinski definition) is 1. The number of esters is 1. The molecule has 1 heterocycles. The number of nitrogens with one attached hydrogen (secondary N) is 1. The highest BCUT2D eigenvalue weighted by atomic mass is 16.5. The van der Waals surface area contributed by atoms with Crippen molar-refractivity contribution in [2.45, 2.75) is 44.4 Å². The first-order chi connectivity index (χ1) is 12.6. The van der Waals surface area contributed by atoms with Crippen LogP contribution in [0.15, 0.2) is 30.3 Å². The van der Waals surface area contributed by atoms with Gasteiger partial charge in [0.2, 0.25) is 5.91 Å². The van der Waals surface area contributed by atoms with E-state index in [-0.39, 0.29) is 23.2 Å². The zero-order valence-corrected chi connectivity index (χ0v) is 15.7. The Kier molecular flexibility index (Phi) is 6.30. The van der Waals surface area contributed by atoms with Crippen molar-refractivity contribution in [3.8, 4) is 0 Å². The summed E-state index contributed by atoms with van der Waals surface area (Å²) >= 11 is 0. The van der Waals surface area contributed by atoms with Crippen LogP contribution < -0.4 is 5.32 Å². The van der Waals surface area contributed by atoms with Crippen molar-refractivity contribution in [2.75, 3.05) is 32.8 Å². The lowest BCUT2D eigenvalue weighted by Crippen LogP contribution is -2.49. The van der Waals surface area contributed by atoms with Gasteiger partial charge < -0.3 is 10.1 Å². The van der Waals surface area contributed by atoms with Gasteiger partial charge in [0.1, 0.15) is 0 Å². The number of carbonyl (C=O) groups is 2. The second-order valence-corrected chi connectivity index (χ2v) is 7.58. The van der Waals surface area contributed by atoms with Crippen LogP contribution in [0.25, 0.3) is 0 Å². The zero-order chi connectivity index (χ0) is 18.4.